The van der Waals surface area contributed by atoms with E-state index in [9.17, 15) is 4.79 Å². The summed E-state index contributed by atoms with van der Waals surface area (Å²) in [6, 6.07) is 5.86. The van der Waals surface area contributed by atoms with E-state index in [0.29, 0.717) is 13.0 Å². The number of thioether (sulfide) groups is 1. The molecule has 0 fully saturated rings. The van der Waals surface area contributed by atoms with E-state index in [0.717, 1.165) is 39.3 Å². The lowest BCUT2D eigenvalue weighted by Crippen LogP contribution is -2.26. The molecule has 0 saturated heterocycles. The Morgan fingerprint density at radius 3 is 2.69 bits per heavy atom. The summed E-state index contributed by atoms with van der Waals surface area (Å²) in [4.78, 5) is 16.8. The van der Waals surface area contributed by atoms with Gasteiger partial charge >= 0.3 is 0 Å². The number of hydrogen-bond acceptors (Lipinski definition) is 6. The van der Waals surface area contributed by atoms with Gasteiger partial charge in [0.2, 0.25) is 5.91 Å². The van der Waals surface area contributed by atoms with E-state index in [1.54, 1.807) is 37.3 Å². The summed E-state index contributed by atoms with van der Waals surface area (Å²) in [7, 11) is 3.30. The highest BCUT2D eigenvalue weighted by molar-refractivity contribution is 8.00. The van der Waals surface area contributed by atoms with Crippen LogP contribution in [0.25, 0.3) is 0 Å². The average Bonchev–Trinajstić information content (AvgIpc) is 3.20. The second kappa shape index (κ2) is 11.3. The third kappa shape index (κ3) is 7.08. The number of rotatable bonds is 10. The number of carbonyl (C=O) groups excluding carboxylic acids is 1. The molecule has 7 heteroatoms. The summed E-state index contributed by atoms with van der Waals surface area (Å²) in [5.41, 5.74) is 3.42. The van der Waals surface area contributed by atoms with Crippen LogP contribution in [0.4, 0.5) is 0 Å². The number of hydrogen-bond donors (Lipinski definition) is 1. The molecule has 156 valence electrons. The monoisotopic (exact) mass is 432 g/mol. The van der Waals surface area contributed by atoms with Crippen LogP contribution in [0.3, 0.4) is 0 Å². The zero-order chi connectivity index (χ0) is 20.5. The van der Waals surface area contributed by atoms with Crippen molar-refractivity contribution >= 4 is 29.0 Å². The van der Waals surface area contributed by atoms with E-state index >= 15 is 0 Å². The first-order valence-corrected chi connectivity index (χ1v) is 11.8. The summed E-state index contributed by atoms with van der Waals surface area (Å²) >= 11 is 3.23. The molecule has 0 bridgehead atoms. The van der Waals surface area contributed by atoms with Crippen LogP contribution in [0.5, 0.6) is 11.5 Å². The quantitative estimate of drug-likeness (QED) is 0.423. The van der Waals surface area contributed by atoms with Gasteiger partial charge in [0.05, 0.1) is 26.3 Å². The molecular formula is C22H28N2O3S2. The van der Waals surface area contributed by atoms with Crippen molar-refractivity contribution in [1.29, 1.82) is 0 Å². The van der Waals surface area contributed by atoms with Crippen LogP contribution in [0.1, 0.15) is 43.4 Å². The first-order valence-electron chi connectivity index (χ1n) is 9.90. The van der Waals surface area contributed by atoms with Crippen LogP contribution in [0.2, 0.25) is 0 Å². The van der Waals surface area contributed by atoms with Gasteiger partial charge in [0.15, 0.2) is 0 Å². The van der Waals surface area contributed by atoms with Crippen LogP contribution in [-0.2, 0) is 17.0 Å². The van der Waals surface area contributed by atoms with Gasteiger partial charge in [-0.2, -0.15) is 0 Å². The molecule has 1 heterocycles. The molecule has 0 radical (unpaired) electrons. The third-order valence-electron chi connectivity index (χ3n) is 4.80. The van der Waals surface area contributed by atoms with Crippen LogP contribution >= 0.6 is 23.1 Å². The Morgan fingerprint density at radius 1 is 1.21 bits per heavy atom. The molecule has 0 unspecified atom stereocenters. The van der Waals surface area contributed by atoms with Crippen molar-refractivity contribution < 1.29 is 14.3 Å². The van der Waals surface area contributed by atoms with Gasteiger partial charge in [-0.15, -0.1) is 11.3 Å². The summed E-state index contributed by atoms with van der Waals surface area (Å²) in [5, 5.41) is 4.99. The molecule has 3 rings (SSSR count). The van der Waals surface area contributed by atoms with E-state index in [1.807, 2.05) is 23.6 Å². The number of nitrogens with one attached hydrogen (secondary N) is 1. The maximum atomic E-state index is 12.2. The second-order valence-corrected chi connectivity index (χ2v) is 9.08. The fourth-order valence-electron chi connectivity index (χ4n) is 3.25. The van der Waals surface area contributed by atoms with Crippen molar-refractivity contribution in [3.8, 4) is 11.5 Å². The van der Waals surface area contributed by atoms with E-state index in [1.165, 1.54) is 31.3 Å². The van der Waals surface area contributed by atoms with Gasteiger partial charge in [0.1, 0.15) is 15.8 Å². The number of benzene rings is 1. The molecule has 2 aromatic rings. The zero-order valence-corrected chi connectivity index (χ0v) is 18.7. The number of methoxy groups -OCH3 is 2. The largest absolute Gasteiger partial charge is 0.497 e. The topological polar surface area (TPSA) is 60.5 Å². The first-order chi connectivity index (χ1) is 14.2. The summed E-state index contributed by atoms with van der Waals surface area (Å²) in [5.74, 6) is 2.36. The minimum atomic E-state index is 0.0424. The first kappa shape index (κ1) is 21.7. The molecule has 0 spiro atoms. The number of aromatic nitrogens is 1. The van der Waals surface area contributed by atoms with Crippen molar-refractivity contribution in [2.24, 2.45) is 0 Å². The summed E-state index contributed by atoms with van der Waals surface area (Å²) in [6.07, 6.45) is 8.58. The highest BCUT2D eigenvalue weighted by Gasteiger charge is 2.10. The molecule has 0 aliphatic heterocycles. The molecule has 0 atom stereocenters. The fourth-order valence-corrected chi connectivity index (χ4v) is 5.03. The zero-order valence-electron chi connectivity index (χ0n) is 17.0. The Morgan fingerprint density at radius 2 is 2.00 bits per heavy atom. The Labute approximate surface area is 180 Å². The lowest BCUT2D eigenvalue weighted by Gasteiger charge is -2.12. The number of allylic oxidation sites excluding steroid dienone is 1. The smallest absolute Gasteiger partial charge is 0.226 e. The van der Waals surface area contributed by atoms with Gasteiger partial charge in [-0.3, -0.25) is 4.79 Å². The van der Waals surface area contributed by atoms with Gasteiger partial charge in [0, 0.05) is 23.7 Å². The normalized spacial score (nSPS) is 13.7. The molecule has 5 nitrogen and oxygen atoms in total. The van der Waals surface area contributed by atoms with Gasteiger partial charge in [-0.1, -0.05) is 23.4 Å². The Hall–Kier alpha value is -1.99. The minimum Gasteiger partial charge on any atom is -0.497 e. The fraction of sp³-hybridized carbons (Fsp3) is 0.455. The Bertz CT molecular complexity index is 826. The van der Waals surface area contributed by atoms with Crippen molar-refractivity contribution in [3.05, 3.63) is 46.5 Å². The van der Waals surface area contributed by atoms with Gasteiger partial charge in [-0.05, 0) is 49.8 Å². The summed E-state index contributed by atoms with van der Waals surface area (Å²) < 4.78 is 11.6. The Kier molecular flexibility index (Phi) is 8.43. The van der Waals surface area contributed by atoms with Crippen LogP contribution in [0, 0.1) is 0 Å². The molecule has 1 aromatic carbocycles. The predicted molar refractivity (Wildman–Crippen MR) is 119 cm³/mol. The molecule has 0 saturated carbocycles. The molecule has 1 amide bonds. The van der Waals surface area contributed by atoms with Crippen molar-refractivity contribution in [3.63, 3.8) is 0 Å². The van der Waals surface area contributed by atoms with E-state index in [-0.39, 0.29) is 5.91 Å². The minimum absolute atomic E-state index is 0.0424. The van der Waals surface area contributed by atoms with Gasteiger partial charge in [-0.25, -0.2) is 4.98 Å². The highest BCUT2D eigenvalue weighted by Crippen LogP contribution is 2.30. The number of nitrogens with zero attached hydrogens (tertiary/aromatic N) is 1. The lowest BCUT2D eigenvalue weighted by atomic mass is 9.97. The molecule has 1 N–H and O–H groups in total. The maximum Gasteiger partial charge on any atom is 0.226 e. The van der Waals surface area contributed by atoms with Crippen LogP contribution < -0.4 is 14.8 Å². The summed E-state index contributed by atoms with van der Waals surface area (Å²) in [6.45, 7) is 0.716. The van der Waals surface area contributed by atoms with Gasteiger partial charge < -0.3 is 14.8 Å². The number of carbonyl (C=O) groups is 1. The van der Waals surface area contributed by atoms with E-state index in [4.69, 9.17) is 9.47 Å². The number of ether oxygens (including phenoxy) is 2. The standard InChI is InChI=1S/C22H28N2O3S2/c1-26-19-10-17(11-20(13-19)27-2)14-28-22-24-18(15-29-22)12-21(25)23-9-8-16-6-4-3-5-7-16/h6,10-11,13,15H,3-5,7-9,12,14H2,1-2H3,(H,23,25). The van der Waals surface area contributed by atoms with Crippen molar-refractivity contribution in [1.82, 2.24) is 10.3 Å². The molecule has 1 aliphatic rings. The van der Waals surface area contributed by atoms with Gasteiger partial charge in [0.25, 0.3) is 0 Å². The Balaban J connectivity index is 1.44. The van der Waals surface area contributed by atoms with Crippen molar-refractivity contribution in [2.75, 3.05) is 20.8 Å². The molecule has 1 aromatic heterocycles. The SMILES string of the molecule is COc1cc(CSc2nc(CC(=O)NCCC3=CCCCC3)cs2)cc(OC)c1. The molecule has 1 aliphatic carbocycles. The molecule has 29 heavy (non-hydrogen) atoms. The predicted octanol–water partition coefficient (Wildman–Crippen LogP) is 5.00. The van der Waals surface area contributed by atoms with E-state index in [2.05, 4.69) is 16.4 Å². The number of amides is 1. The third-order valence-corrected chi connectivity index (χ3v) is 6.94. The number of thiazole rings is 1. The second-order valence-electron chi connectivity index (χ2n) is 7.00. The van der Waals surface area contributed by atoms with Crippen molar-refractivity contribution in [2.45, 2.75) is 48.6 Å². The van der Waals surface area contributed by atoms with Crippen LogP contribution in [0.15, 0.2) is 39.6 Å². The lowest BCUT2D eigenvalue weighted by molar-refractivity contribution is -0.120. The van der Waals surface area contributed by atoms with Crippen LogP contribution in [-0.4, -0.2) is 31.7 Å². The highest BCUT2D eigenvalue weighted by atomic mass is 32.2. The molecular weight excluding hydrogens is 404 g/mol. The van der Waals surface area contributed by atoms with E-state index < -0.39 is 0 Å². The average molecular weight is 433 g/mol. The maximum absolute atomic E-state index is 12.2.